The second-order valence-electron chi connectivity index (χ2n) is 6.18. The number of anilines is 2. The Bertz CT molecular complexity index is 815. The zero-order valence-electron chi connectivity index (χ0n) is 13.5. The van der Waals surface area contributed by atoms with Crippen molar-refractivity contribution in [3.8, 4) is 0 Å². The fourth-order valence-electron chi connectivity index (χ4n) is 3.50. The van der Waals surface area contributed by atoms with Crippen molar-refractivity contribution in [3.05, 3.63) is 60.2 Å². The third-order valence-electron chi connectivity index (χ3n) is 4.81. The summed E-state index contributed by atoms with van der Waals surface area (Å²) >= 11 is 0. The number of rotatable bonds is 3. The number of hydrogen-bond donors (Lipinski definition) is 0. The van der Waals surface area contributed by atoms with E-state index in [1.807, 2.05) is 42.5 Å². The summed E-state index contributed by atoms with van der Waals surface area (Å²) in [6, 6.07) is 17.9. The molecule has 0 unspecified atom stereocenters. The van der Waals surface area contributed by atoms with Gasteiger partial charge in [0.15, 0.2) is 0 Å². The highest BCUT2D eigenvalue weighted by Gasteiger charge is 2.35. The monoisotopic (exact) mass is 343 g/mol. The lowest BCUT2D eigenvalue weighted by atomic mass is 10.2. The summed E-state index contributed by atoms with van der Waals surface area (Å²) in [7, 11) is -3.44. The molecule has 5 nitrogen and oxygen atoms in total. The van der Waals surface area contributed by atoms with Crippen molar-refractivity contribution in [2.75, 3.05) is 41.9 Å². The molecule has 0 amide bonds. The number of piperazine rings is 1. The summed E-state index contributed by atoms with van der Waals surface area (Å²) in [6.07, 6.45) is 0.791. The first-order valence-corrected chi connectivity index (χ1v) is 9.72. The van der Waals surface area contributed by atoms with Crippen LogP contribution in [0.25, 0.3) is 0 Å². The van der Waals surface area contributed by atoms with Gasteiger partial charge >= 0.3 is 10.2 Å². The van der Waals surface area contributed by atoms with Crippen LogP contribution in [0.2, 0.25) is 0 Å². The van der Waals surface area contributed by atoms with Crippen LogP contribution in [0.1, 0.15) is 5.56 Å². The molecule has 1 fully saturated rings. The summed E-state index contributed by atoms with van der Waals surface area (Å²) in [5.74, 6) is 0. The molecule has 2 aliphatic rings. The smallest absolute Gasteiger partial charge is 0.304 e. The van der Waals surface area contributed by atoms with E-state index >= 15 is 0 Å². The van der Waals surface area contributed by atoms with E-state index in [4.69, 9.17) is 0 Å². The number of para-hydroxylation sites is 2. The van der Waals surface area contributed by atoms with Gasteiger partial charge < -0.3 is 4.90 Å². The molecule has 24 heavy (non-hydrogen) atoms. The molecule has 6 heteroatoms. The van der Waals surface area contributed by atoms with Crippen molar-refractivity contribution < 1.29 is 8.42 Å². The van der Waals surface area contributed by atoms with Gasteiger partial charge in [-0.25, -0.2) is 0 Å². The van der Waals surface area contributed by atoms with Crippen molar-refractivity contribution in [1.82, 2.24) is 4.31 Å². The predicted molar refractivity (Wildman–Crippen MR) is 96.6 cm³/mol. The molecule has 126 valence electrons. The molecule has 1 saturated heterocycles. The van der Waals surface area contributed by atoms with Crippen LogP contribution >= 0.6 is 0 Å². The Morgan fingerprint density at radius 2 is 1.42 bits per heavy atom. The standard InChI is InChI=1S/C18H21N3O2S/c22-24(23,21-11-10-16-6-4-5-9-18(16)21)20-14-12-19(13-15-20)17-7-2-1-3-8-17/h1-9H,10-15H2. The van der Waals surface area contributed by atoms with E-state index in [1.165, 1.54) is 0 Å². The largest absolute Gasteiger partial charge is 0.369 e. The third-order valence-corrected chi connectivity index (χ3v) is 6.76. The van der Waals surface area contributed by atoms with Crippen molar-refractivity contribution >= 4 is 21.6 Å². The molecule has 2 heterocycles. The van der Waals surface area contributed by atoms with E-state index in [0.29, 0.717) is 19.6 Å². The topological polar surface area (TPSA) is 43.9 Å². The van der Waals surface area contributed by atoms with E-state index in [-0.39, 0.29) is 0 Å². The Labute approximate surface area is 143 Å². The van der Waals surface area contributed by atoms with Gasteiger partial charge in [0, 0.05) is 38.4 Å². The SMILES string of the molecule is O=S(=O)(N1CCN(c2ccccc2)CC1)N1CCc2ccccc21. The molecular weight excluding hydrogens is 322 g/mol. The third kappa shape index (κ3) is 2.65. The molecule has 0 spiro atoms. The highest BCUT2D eigenvalue weighted by Crippen LogP contribution is 2.31. The first-order valence-electron chi connectivity index (χ1n) is 8.32. The van der Waals surface area contributed by atoms with Gasteiger partial charge in [-0.05, 0) is 30.2 Å². The van der Waals surface area contributed by atoms with Crippen molar-refractivity contribution in [2.24, 2.45) is 0 Å². The lowest BCUT2D eigenvalue weighted by Gasteiger charge is -2.37. The zero-order chi connectivity index (χ0) is 16.6. The molecule has 0 aliphatic carbocycles. The Morgan fingerprint density at radius 1 is 0.750 bits per heavy atom. The summed E-state index contributed by atoms with van der Waals surface area (Å²) in [5, 5.41) is 0. The van der Waals surface area contributed by atoms with Crippen LogP contribution in [0.3, 0.4) is 0 Å². The van der Waals surface area contributed by atoms with Gasteiger partial charge in [-0.2, -0.15) is 12.7 Å². The van der Waals surface area contributed by atoms with Crippen LogP contribution in [-0.2, 0) is 16.6 Å². The van der Waals surface area contributed by atoms with Gasteiger partial charge in [-0.15, -0.1) is 0 Å². The zero-order valence-corrected chi connectivity index (χ0v) is 14.3. The van der Waals surface area contributed by atoms with Crippen molar-refractivity contribution in [3.63, 3.8) is 0 Å². The van der Waals surface area contributed by atoms with E-state index in [1.54, 1.807) is 8.61 Å². The van der Waals surface area contributed by atoms with Crippen LogP contribution in [0.4, 0.5) is 11.4 Å². The fourth-order valence-corrected chi connectivity index (χ4v) is 5.16. The Hall–Kier alpha value is -2.05. The molecule has 2 aliphatic heterocycles. The maximum absolute atomic E-state index is 13.0. The van der Waals surface area contributed by atoms with Crippen LogP contribution < -0.4 is 9.21 Å². The molecule has 0 N–H and O–H groups in total. The van der Waals surface area contributed by atoms with Crippen molar-refractivity contribution in [2.45, 2.75) is 6.42 Å². The van der Waals surface area contributed by atoms with Crippen LogP contribution in [0.5, 0.6) is 0 Å². The van der Waals surface area contributed by atoms with Gasteiger partial charge in [-0.3, -0.25) is 4.31 Å². The second-order valence-corrected chi connectivity index (χ2v) is 8.03. The molecule has 4 rings (SSSR count). The Balaban J connectivity index is 1.49. The van der Waals surface area contributed by atoms with Crippen LogP contribution in [-0.4, -0.2) is 45.4 Å². The van der Waals surface area contributed by atoms with Gasteiger partial charge in [0.2, 0.25) is 0 Å². The first kappa shape index (κ1) is 15.5. The minimum Gasteiger partial charge on any atom is -0.369 e. The highest BCUT2D eigenvalue weighted by molar-refractivity contribution is 7.90. The lowest BCUT2D eigenvalue weighted by molar-refractivity contribution is 0.383. The molecule has 2 aromatic carbocycles. The van der Waals surface area contributed by atoms with Gasteiger partial charge in [-0.1, -0.05) is 36.4 Å². The number of benzene rings is 2. The molecule has 0 radical (unpaired) electrons. The van der Waals surface area contributed by atoms with Crippen molar-refractivity contribution in [1.29, 1.82) is 0 Å². The minimum atomic E-state index is -3.44. The Morgan fingerprint density at radius 3 is 2.17 bits per heavy atom. The highest BCUT2D eigenvalue weighted by atomic mass is 32.2. The summed E-state index contributed by atoms with van der Waals surface area (Å²) in [6.45, 7) is 3.03. The maximum atomic E-state index is 13.0. The van der Waals surface area contributed by atoms with E-state index in [0.717, 1.165) is 36.4 Å². The quantitative estimate of drug-likeness (QED) is 0.857. The molecule has 0 bridgehead atoms. The molecule has 0 atom stereocenters. The van der Waals surface area contributed by atoms with Gasteiger partial charge in [0.05, 0.1) is 5.69 Å². The first-order chi connectivity index (χ1) is 11.7. The predicted octanol–water partition coefficient (Wildman–Crippen LogP) is 2.12. The maximum Gasteiger partial charge on any atom is 0.304 e. The molecule has 0 aromatic heterocycles. The number of nitrogens with zero attached hydrogens (tertiary/aromatic N) is 3. The second kappa shape index (κ2) is 6.11. The van der Waals surface area contributed by atoms with E-state index < -0.39 is 10.2 Å². The fraction of sp³-hybridized carbons (Fsp3) is 0.333. The summed E-state index contributed by atoms with van der Waals surface area (Å²) < 4.78 is 29.2. The summed E-state index contributed by atoms with van der Waals surface area (Å²) in [5.41, 5.74) is 3.10. The molecule has 0 saturated carbocycles. The van der Waals surface area contributed by atoms with E-state index in [9.17, 15) is 8.42 Å². The normalized spacial score (nSPS) is 18.7. The van der Waals surface area contributed by atoms with Gasteiger partial charge in [0.1, 0.15) is 0 Å². The average Bonchev–Trinajstić information content (AvgIpc) is 3.07. The van der Waals surface area contributed by atoms with Crippen LogP contribution in [0.15, 0.2) is 54.6 Å². The molecular formula is C18H21N3O2S. The van der Waals surface area contributed by atoms with E-state index in [2.05, 4.69) is 17.0 Å². The minimum absolute atomic E-state index is 0.524. The van der Waals surface area contributed by atoms with Crippen LogP contribution in [0, 0.1) is 0 Å². The number of hydrogen-bond acceptors (Lipinski definition) is 3. The lowest BCUT2D eigenvalue weighted by Crippen LogP contribution is -2.53. The summed E-state index contributed by atoms with van der Waals surface area (Å²) in [4.78, 5) is 2.24. The Kier molecular flexibility index (Phi) is 3.94. The molecule has 2 aromatic rings. The average molecular weight is 343 g/mol. The number of fused-ring (bicyclic) bond motifs is 1. The van der Waals surface area contributed by atoms with Gasteiger partial charge in [0.25, 0.3) is 0 Å².